The molecule has 0 saturated carbocycles. The zero-order chi connectivity index (χ0) is 14.4. The SMILES string of the molecule is NCCC(=O)NCC1CCCCN1C(=O)c1ccsc1. The van der Waals surface area contributed by atoms with Crippen LogP contribution in [0.1, 0.15) is 36.0 Å². The minimum Gasteiger partial charge on any atom is -0.354 e. The third-order valence-electron chi connectivity index (χ3n) is 3.56. The van der Waals surface area contributed by atoms with Gasteiger partial charge in [-0.3, -0.25) is 9.59 Å². The van der Waals surface area contributed by atoms with Gasteiger partial charge >= 0.3 is 0 Å². The van der Waals surface area contributed by atoms with Crippen LogP contribution in [-0.2, 0) is 4.79 Å². The average Bonchev–Trinajstić information content (AvgIpc) is 2.99. The fraction of sp³-hybridized carbons (Fsp3) is 0.571. The number of carbonyl (C=O) groups excluding carboxylic acids is 2. The first kappa shape index (κ1) is 15.0. The van der Waals surface area contributed by atoms with Crippen LogP contribution in [0.5, 0.6) is 0 Å². The topological polar surface area (TPSA) is 75.4 Å². The number of carbonyl (C=O) groups is 2. The molecule has 0 spiro atoms. The van der Waals surface area contributed by atoms with E-state index in [1.807, 2.05) is 21.7 Å². The molecule has 1 aliphatic rings. The summed E-state index contributed by atoms with van der Waals surface area (Å²) in [6, 6.07) is 1.95. The highest BCUT2D eigenvalue weighted by molar-refractivity contribution is 7.08. The first-order valence-corrected chi connectivity index (χ1v) is 7.96. The van der Waals surface area contributed by atoms with Crippen molar-refractivity contribution < 1.29 is 9.59 Å². The Morgan fingerprint density at radius 2 is 2.30 bits per heavy atom. The molecule has 2 heterocycles. The van der Waals surface area contributed by atoms with E-state index in [0.29, 0.717) is 19.5 Å². The lowest BCUT2D eigenvalue weighted by molar-refractivity contribution is -0.121. The minimum absolute atomic E-state index is 0.0407. The third-order valence-corrected chi connectivity index (χ3v) is 4.25. The molecule has 1 aliphatic heterocycles. The van der Waals surface area contributed by atoms with E-state index in [2.05, 4.69) is 5.32 Å². The first-order chi connectivity index (χ1) is 9.72. The van der Waals surface area contributed by atoms with Crippen molar-refractivity contribution in [2.24, 2.45) is 5.73 Å². The summed E-state index contributed by atoms with van der Waals surface area (Å²) in [6.07, 6.45) is 3.41. The number of thiophene rings is 1. The summed E-state index contributed by atoms with van der Waals surface area (Å²) in [4.78, 5) is 25.8. The van der Waals surface area contributed by atoms with Gasteiger partial charge in [-0.15, -0.1) is 0 Å². The highest BCUT2D eigenvalue weighted by atomic mass is 32.1. The Kier molecular flexibility index (Phi) is 5.55. The van der Waals surface area contributed by atoms with Crippen LogP contribution in [-0.4, -0.2) is 42.4 Å². The molecule has 5 nitrogen and oxygen atoms in total. The van der Waals surface area contributed by atoms with Crippen LogP contribution < -0.4 is 11.1 Å². The highest BCUT2D eigenvalue weighted by Crippen LogP contribution is 2.20. The van der Waals surface area contributed by atoms with Gasteiger partial charge in [-0.25, -0.2) is 0 Å². The molecule has 0 aliphatic carbocycles. The molecule has 110 valence electrons. The quantitative estimate of drug-likeness (QED) is 0.857. The Labute approximate surface area is 123 Å². The molecule has 1 aromatic rings. The number of nitrogens with one attached hydrogen (secondary N) is 1. The molecule has 0 radical (unpaired) electrons. The standard InChI is InChI=1S/C14H21N3O2S/c15-6-4-13(18)16-9-12-3-1-2-7-17(12)14(19)11-5-8-20-10-11/h5,8,10,12H,1-4,6-7,9,15H2,(H,16,18). The van der Waals surface area contributed by atoms with E-state index < -0.39 is 0 Å². The smallest absolute Gasteiger partial charge is 0.255 e. The molecular weight excluding hydrogens is 274 g/mol. The number of hydrogen-bond donors (Lipinski definition) is 2. The Hall–Kier alpha value is -1.40. The second-order valence-corrected chi connectivity index (χ2v) is 5.78. The Balaban J connectivity index is 1.95. The Morgan fingerprint density at radius 1 is 1.45 bits per heavy atom. The van der Waals surface area contributed by atoms with Crippen molar-refractivity contribution in [3.63, 3.8) is 0 Å². The van der Waals surface area contributed by atoms with E-state index in [9.17, 15) is 9.59 Å². The van der Waals surface area contributed by atoms with Crippen LogP contribution in [0.2, 0.25) is 0 Å². The Bertz CT molecular complexity index is 447. The van der Waals surface area contributed by atoms with Crippen LogP contribution >= 0.6 is 11.3 Å². The van der Waals surface area contributed by atoms with Gasteiger partial charge in [-0.2, -0.15) is 11.3 Å². The molecule has 0 bridgehead atoms. The van der Waals surface area contributed by atoms with Gasteiger partial charge in [0.2, 0.25) is 5.91 Å². The summed E-state index contributed by atoms with van der Waals surface area (Å²) in [5.74, 6) is 0.0324. The lowest BCUT2D eigenvalue weighted by Gasteiger charge is -2.35. The molecule has 0 aromatic carbocycles. The molecule has 6 heteroatoms. The molecule has 1 fully saturated rings. The zero-order valence-electron chi connectivity index (χ0n) is 11.5. The van der Waals surface area contributed by atoms with Gasteiger partial charge in [-0.1, -0.05) is 0 Å². The number of hydrogen-bond acceptors (Lipinski definition) is 4. The van der Waals surface area contributed by atoms with E-state index in [1.54, 1.807) is 0 Å². The molecule has 1 aromatic heterocycles. The molecule has 1 saturated heterocycles. The molecule has 20 heavy (non-hydrogen) atoms. The molecule has 1 unspecified atom stereocenters. The van der Waals surface area contributed by atoms with Crippen molar-refractivity contribution in [1.82, 2.24) is 10.2 Å². The number of nitrogens with zero attached hydrogens (tertiary/aromatic N) is 1. The van der Waals surface area contributed by atoms with Crippen molar-refractivity contribution in [1.29, 1.82) is 0 Å². The summed E-state index contributed by atoms with van der Waals surface area (Å²) < 4.78 is 0. The largest absolute Gasteiger partial charge is 0.354 e. The number of likely N-dealkylation sites (tertiary alicyclic amines) is 1. The van der Waals surface area contributed by atoms with Crippen molar-refractivity contribution in [3.8, 4) is 0 Å². The second-order valence-electron chi connectivity index (χ2n) is 5.00. The van der Waals surface area contributed by atoms with Gasteiger partial charge in [0.1, 0.15) is 0 Å². The van der Waals surface area contributed by atoms with E-state index in [-0.39, 0.29) is 17.9 Å². The summed E-state index contributed by atoms with van der Waals surface area (Å²) in [7, 11) is 0. The molecule has 2 amide bonds. The van der Waals surface area contributed by atoms with E-state index in [0.717, 1.165) is 31.4 Å². The normalized spacial score (nSPS) is 18.9. The Morgan fingerprint density at radius 3 is 3.00 bits per heavy atom. The fourth-order valence-corrected chi connectivity index (χ4v) is 3.11. The average molecular weight is 295 g/mol. The summed E-state index contributed by atoms with van der Waals surface area (Å²) in [5, 5.41) is 6.66. The van der Waals surface area contributed by atoms with Crippen molar-refractivity contribution in [3.05, 3.63) is 22.4 Å². The minimum atomic E-state index is -0.0407. The first-order valence-electron chi connectivity index (χ1n) is 7.02. The van der Waals surface area contributed by atoms with Gasteiger partial charge in [0, 0.05) is 37.5 Å². The predicted octanol–water partition coefficient (Wildman–Crippen LogP) is 1.21. The van der Waals surface area contributed by atoms with E-state index >= 15 is 0 Å². The lowest BCUT2D eigenvalue weighted by Crippen LogP contribution is -2.49. The molecule has 3 N–H and O–H groups in total. The maximum Gasteiger partial charge on any atom is 0.255 e. The second kappa shape index (κ2) is 7.40. The van der Waals surface area contributed by atoms with Crippen LogP contribution in [0.25, 0.3) is 0 Å². The predicted molar refractivity (Wildman–Crippen MR) is 79.7 cm³/mol. The zero-order valence-corrected chi connectivity index (χ0v) is 12.3. The van der Waals surface area contributed by atoms with Gasteiger partial charge < -0.3 is 16.0 Å². The summed E-state index contributed by atoms with van der Waals surface area (Å²) in [5.41, 5.74) is 6.10. The van der Waals surface area contributed by atoms with Crippen LogP contribution in [0.15, 0.2) is 16.8 Å². The maximum atomic E-state index is 12.4. The number of rotatable bonds is 5. The number of piperidine rings is 1. The monoisotopic (exact) mass is 295 g/mol. The van der Waals surface area contributed by atoms with Gasteiger partial charge in [-0.05, 0) is 30.7 Å². The van der Waals surface area contributed by atoms with Crippen LogP contribution in [0.4, 0.5) is 0 Å². The van der Waals surface area contributed by atoms with Crippen molar-refractivity contribution in [2.45, 2.75) is 31.7 Å². The number of nitrogens with two attached hydrogens (primary N) is 1. The van der Waals surface area contributed by atoms with Crippen LogP contribution in [0, 0.1) is 0 Å². The highest BCUT2D eigenvalue weighted by Gasteiger charge is 2.27. The lowest BCUT2D eigenvalue weighted by atomic mass is 10.0. The van der Waals surface area contributed by atoms with E-state index in [4.69, 9.17) is 5.73 Å². The van der Waals surface area contributed by atoms with Crippen LogP contribution in [0.3, 0.4) is 0 Å². The van der Waals surface area contributed by atoms with Gasteiger partial charge in [0.05, 0.1) is 5.56 Å². The molecular formula is C14H21N3O2S. The van der Waals surface area contributed by atoms with Gasteiger partial charge in [0.15, 0.2) is 0 Å². The summed E-state index contributed by atoms with van der Waals surface area (Å²) in [6.45, 7) is 1.65. The molecule has 1 atom stereocenters. The fourth-order valence-electron chi connectivity index (χ4n) is 2.48. The maximum absolute atomic E-state index is 12.4. The van der Waals surface area contributed by atoms with Gasteiger partial charge in [0.25, 0.3) is 5.91 Å². The summed E-state index contributed by atoms with van der Waals surface area (Å²) >= 11 is 1.53. The molecule has 2 rings (SSSR count). The van der Waals surface area contributed by atoms with Crippen molar-refractivity contribution in [2.75, 3.05) is 19.6 Å². The third kappa shape index (κ3) is 3.80. The van der Waals surface area contributed by atoms with Crippen molar-refractivity contribution >= 4 is 23.2 Å². The van der Waals surface area contributed by atoms with E-state index in [1.165, 1.54) is 11.3 Å². The number of amides is 2.